The third-order valence-corrected chi connectivity index (χ3v) is 3.78. The molecule has 1 rings (SSSR count). The maximum absolute atomic E-state index is 12.8. The summed E-state index contributed by atoms with van der Waals surface area (Å²) in [5.74, 6) is -3.62. The third-order valence-electron chi connectivity index (χ3n) is 2.78. The van der Waals surface area contributed by atoms with Crippen molar-refractivity contribution in [3.63, 3.8) is 0 Å². The Hall–Kier alpha value is -1.28. The van der Waals surface area contributed by atoms with Crippen LogP contribution in [0.4, 0.5) is 8.78 Å². The number of thiazole rings is 1. The SMILES string of the molecule is Cc1sc(=O)n(CCC(=O)NCC(F)(F)CN)c1C. The Morgan fingerprint density at radius 2 is 2.11 bits per heavy atom. The van der Waals surface area contributed by atoms with Crippen LogP contribution >= 0.6 is 11.3 Å². The molecule has 3 N–H and O–H groups in total. The normalized spacial score (nSPS) is 11.6. The number of nitrogens with one attached hydrogen (secondary N) is 1. The van der Waals surface area contributed by atoms with E-state index in [1.165, 1.54) is 4.57 Å². The number of alkyl halides is 2. The van der Waals surface area contributed by atoms with E-state index in [0.29, 0.717) is 0 Å². The summed E-state index contributed by atoms with van der Waals surface area (Å²) in [6.45, 7) is 2.21. The van der Waals surface area contributed by atoms with Crippen LogP contribution in [0.3, 0.4) is 0 Å². The van der Waals surface area contributed by atoms with Crippen LogP contribution in [-0.2, 0) is 11.3 Å². The second-order valence-corrected chi connectivity index (χ2v) is 5.41. The Labute approximate surface area is 113 Å². The van der Waals surface area contributed by atoms with E-state index >= 15 is 0 Å². The van der Waals surface area contributed by atoms with Gasteiger partial charge in [-0.3, -0.25) is 9.59 Å². The number of hydrogen-bond donors (Lipinski definition) is 2. The fraction of sp³-hybridized carbons (Fsp3) is 0.636. The molecule has 0 aliphatic rings. The van der Waals surface area contributed by atoms with E-state index in [9.17, 15) is 18.4 Å². The van der Waals surface area contributed by atoms with Crippen molar-refractivity contribution in [3.8, 4) is 0 Å². The fourth-order valence-electron chi connectivity index (χ4n) is 1.45. The van der Waals surface area contributed by atoms with E-state index in [-0.39, 0.29) is 17.8 Å². The maximum atomic E-state index is 12.8. The minimum Gasteiger partial charge on any atom is -0.350 e. The first-order chi connectivity index (χ1) is 8.76. The van der Waals surface area contributed by atoms with Crippen molar-refractivity contribution in [2.75, 3.05) is 13.1 Å². The number of amides is 1. The number of hydrogen-bond acceptors (Lipinski definition) is 4. The standard InChI is InChI=1S/C11H17F2N3O2S/c1-7-8(2)19-10(18)16(7)4-3-9(17)15-6-11(12,13)5-14/h3-6,14H2,1-2H3,(H,15,17). The molecule has 0 bridgehead atoms. The highest BCUT2D eigenvalue weighted by molar-refractivity contribution is 7.09. The molecule has 0 fully saturated rings. The summed E-state index contributed by atoms with van der Waals surface area (Å²) < 4.78 is 27.1. The van der Waals surface area contributed by atoms with Gasteiger partial charge in [0.1, 0.15) is 0 Å². The van der Waals surface area contributed by atoms with Crippen LogP contribution in [0.15, 0.2) is 4.79 Å². The summed E-state index contributed by atoms with van der Waals surface area (Å²) in [5.41, 5.74) is 5.66. The van der Waals surface area contributed by atoms with Crippen LogP contribution in [0.25, 0.3) is 0 Å². The lowest BCUT2D eigenvalue weighted by Crippen LogP contribution is -2.41. The van der Waals surface area contributed by atoms with Gasteiger partial charge in [-0.2, -0.15) is 0 Å². The molecule has 1 aromatic heterocycles. The summed E-state index contributed by atoms with van der Waals surface area (Å²) in [7, 11) is 0. The molecule has 19 heavy (non-hydrogen) atoms. The largest absolute Gasteiger partial charge is 0.350 e. The Morgan fingerprint density at radius 1 is 1.47 bits per heavy atom. The Bertz CT molecular complexity index is 511. The van der Waals surface area contributed by atoms with Gasteiger partial charge in [-0.1, -0.05) is 11.3 Å². The molecule has 108 valence electrons. The van der Waals surface area contributed by atoms with Crippen molar-refractivity contribution in [3.05, 3.63) is 20.2 Å². The summed E-state index contributed by atoms with van der Waals surface area (Å²) in [5, 5.41) is 2.11. The van der Waals surface area contributed by atoms with Crippen molar-refractivity contribution < 1.29 is 13.6 Å². The van der Waals surface area contributed by atoms with Crippen molar-refractivity contribution in [1.29, 1.82) is 0 Å². The first kappa shape index (κ1) is 15.8. The molecule has 0 aliphatic carbocycles. The van der Waals surface area contributed by atoms with Crippen molar-refractivity contribution in [2.24, 2.45) is 5.73 Å². The van der Waals surface area contributed by atoms with Crippen LogP contribution in [0.2, 0.25) is 0 Å². The smallest absolute Gasteiger partial charge is 0.307 e. The number of carbonyl (C=O) groups is 1. The van der Waals surface area contributed by atoms with Gasteiger partial charge in [0.25, 0.3) is 5.92 Å². The second-order valence-electron chi connectivity index (χ2n) is 4.25. The quantitative estimate of drug-likeness (QED) is 0.807. The van der Waals surface area contributed by atoms with Crippen LogP contribution in [0.1, 0.15) is 17.0 Å². The van der Waals surface area contributed by atoms with Crippen LogP contribution in [0.5, 0.6) is 0 Å². The maximum Gasteiger partial charge on any atom is 0.307 e. The fourth-order valence-corrected chi connectivity index (χ4v) is 2.31. The van der Waals surface area contributed by atoms with Crippen LogP contribution in [-0.4, -0.2) is 29.5 Å². The van der Waals surface area contributed by atoms with Gasteiger partial charge in [-0.05, 0) is 13.8 Å². The average molecular weight is 293 g/mol. The highest BCUT2D eigenvalue weighted by atomic mass is 32.1. The van der Waals surface area contributed by atoms with Gasteiger partial charge in [0.2, 0.25) is 5.91 Å². The zero-order chi connectivity index (χ0) is 14.6. The van der Waals surface area contributed by atoms with Gasteiger partial charge < -0.3 is 15.6 Å². The van der Waals surface area contributed by atoms with Gasteiger partial charge in [-0.25, -0.2) is 8.78 Å². The highest BCUT2D eigenvalue weighted by Gasteiger charge is 2.27. The minimum atomic E-state index is -3.10. The molecule has 1 aromatic rings. The van der Waals surface area contributed by atoms with E-state index in [4.69, 9.17) is 5.73 Å². The van der Waals surface area contributed by atoms with Crippen LogP contribution < -0.4 is 15.9 Å². The molecule has 0 aromatic carbocycles. The molecule has 1 heterocycles. The zero-order valence-electron chi connectivity index (χ0n) is 10.8. The number of halogens is 2. The molecule has 0 spiro atoms. The van der Waals surface area contributed by atoms with Crippen molar-refractivity contribution in [1.82, 2.24) is 9.88 Å². The Morgan fingerprint density at radius 3 is 2.58 bits per heavy atom. The third kappa shape index (κ3) is 4.39. The van der Waals surface area contributed by atoms with E-state index in [1.54, 1.807) is 6.92 Å². The van der Waals surface area contributed by atoms with Gasteiger partial charge in [0, 0.05) is 23.5 Å². The summed E-state index contributed by atoms with van der Waals surface area (Å²) in [6, 6.07) is 0. The molecule has 0 atom stereocenters. The first-order valence-corrected chi connectivity index (χ1v) is 6.60. The molecule has 0 unspecified atom stereocenters. The van der Waals surface area contributed by atoms with Crippen molar-refractivity contribution in [2.45, 2.75) is 32.7 Å². The number of aryl methyl sites for hydroxylation is 1. The summed E-state index contributed by atoms with van der Waals surface area (Å²) >= 11 is 1.11. The van der Waals surface area contributed by atoms with Crippen LogP contribution in [0, 0.1) is 13.8 Å². The molecule has 0 saturated heterocycles. The second kappa shape index (κ2) is 6.25. The Balaban J connectivity index is 2.49. The number of nitrogens with two attached hydrogens (primary N) is 1. The monoisotopic (exact) mass is 293 g/mol. The lowest BCUT2D eigenvalue weighted by molar-refractivity contribution is -0.123. The molecular weight excluding hydrogens is 276 g/mol. The highest BCUT2D eigenvalue weighted by Crippen LogP contribution is 2.10. The number of rotatable bonds is 6. The van der Waals surface area contributed by atoms with Gasteiger partial charge >= 0.3 is 4.87 Å². The van der Waals surface area contributed by atoms with Crippen molar-refractivity contribution >= 4 is 17.2 Å². The van der Waals surface area contributed by atoms with Gasteiger partial charge in [0.15, 0.2) is 0 Å². The molecule has 8 heteroatoms. The number of carbonyl (C=O) groups excluding carboxylic acids is 1. The predicted octanol–water partition coefficient (Wildman–Crippen LogP) is 0.627. The topological polar surface area (TPSA) is 77.1 Å². The number of aromatic nitrogens is 1. The molecule has 1 amide bonds. The molecule has 0 saturated carbocycles. The Kier molecular flexibility index (Phi) is 5.19. The lowest BCUT2D eigenvalue weighted by atomic mass is 10.3. The van der Waals surface area contributed by atoms with Gasteiger partial charge in [0.05, 0.1) is 13.1 Å². The number of nitrogens with zero attached hydrogens (tertiary/aromatic N) is 1. The van der Waals surface area contributed by atoms with E-state index in [0.717, 1.165) is 21.9 Å². The molecular formula is C11H17F2N3O2S. The molecule has 0 radical (unpaired) electrons. The van der Waals surface area contributed by atoms with Gasteiger partial charge in [-0.15, -0.1) is 0 Å². The van der Waals surface area contributed by atoms with E-state index < -0.39 is 24.9 Å². The molecule has 5 nitrogen and oxygen atoms in total. The lowest BCUT2D eigenvalue weighted by Gasteiger charge is -2.14. The molecule has 0 aliphatic heterocycles. The minimum absolute atomic E-state index is 0.0163. The first-order valence-electron chi connectivity index (χ1n) is 5.78. The van der Waals surface area contributed by atoms with E-state index in [2.05, 4.69) is 5.32 Å². The zero-order valence-corrected chi connectivity index (χ0v) is 11.7. The summed E-state index contributed by atoms with van der Waals surface area (Å²) in [6.07, 6.45) is -0.0163. The van der Waals surface area contributed by atoms with E-state index in [1.807, 2.05) is 6.92 Å². The summed E-state index contributed by atoms with van der Waals surface area (Å²) in [4.78, 5) is 23.7. The average Bonchev–Trinajstić information content (AvgIpc) is 2.59. The predicted molar refractivity (Wildman–Crippen MR) is 69.7 cm³/mol.